The molecule has 0 atom stereocenters. The Hall–Kier alpha value is -1.22. The Balaban J connectivity index is 2.31. The van der Waals surface area contributed by atoms with Crippen molar-refractivity contribution in [3.63, 3.8) is 0 Å². The van der Waals surface area contributed by atoms with Crippen LogP contribution in [-0.2, 0) is 0 Å². The molecule has 1 aromatic rings. The first-order valence-electron chi connectivity index (χ1n) is 8.19. The Morgan fingerprint density at radius 2 is 1.81 bits per heavy atom. The summed E-state index contributed by atoms with van der Waals surface area (Å²) >= 11 is 0. The van der Waals surface area contributed by atoms with Crippen molar-refractivity contribution in [1.29, 1.82) is 0 Å². The highest BCUT2D eigenvalue weighted by Gasteiger charge is 2.07. The second kappa shape index (κ2) is 8.93. The Morgan fingerprint density at radius 3 is 2.43 bits per heavy atom. The maximum absolute atomic E-state index is 5.86. The quantitative estimate of drug-likeness (QED) is 0.694. The van der Waals surface area contributed by atoms with Crippen molar-refractivity contribution in [2.75, 3.05) is 31.1 Å². The summed E-state index contributed by atoms with van der Waals surface area (Å²) in [6, 6.07) is 8.40. The summed E-state index contributed by atoms with van der Waals surface area (Å²) < 4.78 is 5.86. The third-order valence-corrected chi connectivity index (χ3v) is 3.44. The van der Waals surface area contributed by atoms with Gasteiger partial charge in [-0.1, -0.05) is 6.07 Å². The molecule has 1 rings (SSSR count). The van der Waals surface area contributed by atoms with Gasteiger partial charge in [0.05, 0.1) is 6.61 Å². The van der Waals surface area contributed by atoms with E-state index in [2.05, 4.69) is 63.0 Å². The molecule has 0 aliphatic rings. The normalized spacial score (nSPS) is 11.5. The third kappa shape index (κ3) is 7.37. The molecule has 3 nitrogen and oxygen atoms in total. The largest absolute Gasteiger partial charge is 0.494 e. The zero-order chi connectivity index (χ0) is 15.7. The summed E-state index contributed by atoms with van der Waals surface area (Å²) in [5.74, 6) is 0.975. The van der Waals surface area contributed by atoms with E-state index in [-0.39, 0.29) is 5.54 Å². The predicted octanol–water partition coefficient (Wildman–Crippen LogP) is 4.08. The molecule has 0 unspecified atom stereocenters. The number of ether oxygens (including phenoxy) is 1. The standard InChI is InChI=1S/C18H32N2O/c1-6-20(7-2)16-11-10-12-17(15-16)21-14-9-8-13-19-18(3,4)5/h10-12,15,19H,6-9,13-14H2,1-5H3. The van der Waals surface area contributed by atoms with Gasteiger partial charge in [0.2, 0.25) is 0 Å². The second-order valence-electron chi connectivity index (χ2n) is 6.40. The van der Waals surface area contributed by atoms with Gasteiger partial charge < -0.3 is 15.0 Å². The van der Waals surface area contributed by atoms with E-state index < -0.39 is 0 Å². The van der Waals surface area contributed by atoms with E-state index in [0.717, 1.165) is 44.8 Å². The molecule has 0 spiro atoms. The minimum absolute atomic E-state index is 0.207. The van der Waals surface area contributed by atoms with E-state index in [1.165, 1.54) is 5.69 Å². The van der Waals surface area contributed by atoms with Crippen molar-refractivity contribution in [2.45, 2.75) is 53.0 Å². The van der Waals surface area contributed by atoms with Crippen LogP contribution < -0.4 is 15.0 Å². The summed E-state index contributed by atoms with van der Waals surface area (Å²) in [4.78, 5) is 2.33. The Bertz CT molecular complexity index is 394. The van der Waals surface area contributed by atoms with Gasteiger partial charge in [-0.05, 0) is 66.1 Å². The highest BCUT2D eigenvalue weighted by Crippen LogP contribution is 2.21. The van der Waals surface area contributed by atoms with Gasteiger partial charge in [-0.3, -0.25) is 0 Å². The average molecular weight is 292 g/mol. The fraction of sp³-hybridized carbons (Fsp3) is 0.667. The van der Waals surface area contributed by atoms with Gasteiger partial charge in [-0.2, -0.15) is 0 Å². The van der Waals surface area contributed by atoms with Crippen molar-refractivity contribution in [1.82, 2.24) is 5.32 Å². The zero-order valence-electron chi connectivity index (χ0n) is 14.4. The minimum atomic E-state index is 0.207. The van der Waals surface area contributed by atoms with E-state index in [1.807, 2.05) is 6.07 Å². The van der Waals surface area contributed by atoms with Crippen LogP contribution in [0.2, 0.25) is 0 Å². The van der Waals surface area contributed by atoms with E-state index >= 15 is 0 Å². The third-order valence-electron chi connectivity index (χ3n) is 3.44. The first-order valence-corrected chi connectivity index (χ1v) is 8.19. The lowest BCUT2D eigenvalue weighted by Crippen LogP contribution is -2.36. The van der Waals surface area contributed by atoms with Crippen LogP contribution in [0, 0.1) is 0 Å². The van der Waals surface area contributed by atoms with Crippen molar-refractivity contribution in [3.05, 3.63) is 24.3 Å². The minimum Gasteiger partial charge on any atom is -0.494 e. The van der Waals surface area contributed by atoms with Gasteiger partial charge >= 0.3 is 0 Å². The molecule has 21 heavy (non-hydrogen) atoms. The Morgan fingerprint density at radius 1 is 1.10 bits per heavy atom. The number of benzene rings is 1. The lowest BCUT2D eigenvalue weighted by molar-refractivity contribution is 0.301. The maximum Gasteiger partial charge on any atom is 0.121 e. The number of hydrogen-bond donors (Lipinski definition) is 1. The summed E-state index contributed by atoms with van der Waals surface area (Å²) in [6.07, 6.45) is 2.23. The summed E-state index contributed by atoms with van der Waals surface area (Å²) in [5.41, 5.74) is 1.45. The van der Waals surface area contributed by atoms with Gasteiger partial charge in [0, 0.05) is 30.4 Å². The van der Waals surface area contributed by atoms with Crippen LogP contribution in [0.4, 0.5) is 5.69 Å². The Labute approximate surface area is 130 Å². The molecular weight excluding hydrogens is 260 g/mol. The van der Waals surface area contributed by atoms with Crippen molar-refractivity contribution >= 4 is 5.69 Å². The number of anilines is 1. The predicted molar refractivity (Wildman–Crippen MR) is 92.5 cm³/mol. The molecule has 0 saturated carbocycles. The summed E-state index contributed by atoms with van der Waals surface area (Å²) in [7, 11) is 0. The molecule has 120 valence electrons. The molecule has 0 fully saturated rings. The molecule has 3 heteroatoms. The van der Waals surface area contributed by atoms with Crippen LogP contribution in [-0.4, -0.2) is 31.8 Å². The molecule has 1 aromatic carbocycles. The van der Waals surface area contributed by atoms with E-state index in [4.69, 9.17) is 4.74 Å². The highest BCUT2D eigenvalue weighted by atomic mass is 16.5. The zero-order valence-corrected chi connectivity index (χ0v) is 14.4. The van der Waals surface area contributed by atoms with Gasteiger partial charge in [0.15, 0.2) is 0 Å². The Kier molecular flexibility index (Phi) is 7.58. The molecule has 0 radical (unpaired) electrons. The summed E-state index contributed by atoms with van der Waals surface area (Å²) in [6.45, 7) is 14.8. The molecule has 0 heterocycles. The van der Waals surface area contributed by atoms with Crippen LogP contribution in [0.5, 0.6) is 5.75 Å². The molecule has 0 aromatic heterocycles. The van der Waals surface area contributed by atoms with Crippen molar-refractivity contribution in [2.24, 2.45) is 0 Å². The fourth-order valence-electron chi connectivity index (χ4n) is 2.24. The molecule has 0 amide bonds. The van der Waals surface area contributed by atoms with Crippen LogP contribution in [0.1, 0.15) is 47.5 Å². The van der Waals surface area contributed by atoms with Gasteiger partial charge in [0.25, 0.3) is 0 Å². The molecule has 0 aliphatic heterocycles. The van der Waals surface area contributed by atoms with Crippen molar-refractivity contribution in [3.8, 4) is 5.75 Å². The molecule has 0 bridgehead atoms. The van der Waals surface area contributed by atoms with Crippen molar-refractivity contribution < 1.29 is 4.74 Å². The van der Waals surface area contributed by atoms with Crippen LogP contribution in [0.25, 0.3) is 0 Å². The molecule has 0 saturated heterocycles. The molecular formula is C18H32N2O. The first kappa shape index (κ1) is 17.8. The fourth-order valence-corrected chi connectivity index (χ4v) is 2.24. The van der Waals surface area contributed by atoms with Crippen LogP contribution >= 0.6 is 0 Å². The number of nitrogens with zero attached hydrogens (tertiary/aromatic N) is 1. The number of unbranched alkanes of at least 4 members (excludes halogenated alkanes) is 1. The highest BCUT2D eigenvalue weighted by molar-refractivity contribution is 5.50. The molecule has 0 aliphatic carbocycles. The summed E-state index contributed by atoms with van der Waals surface area (Å²) in [5, 5.41) is 3.50. The number of hydrogen-bond acceptors (Lipinski definition) is 3. The van der Waals surface area contributed by atoms with Gasteiger partial charge in [0.1, 0.15) is 5.75 Å². The second-order valence-corrected chi connectivity index (χ2v) is 6.40. The van der Waals surface area contributed by atoms with Gasteiger partial charge in [-0.15, -0.1) is 0 Å². The lowest BCUT2D eigenvalue weighted by Gasteiger charge is -2.21. The average Bonchev–Trinajstić information content (AvgIpc) is 2.43. The number of rotatable bonds is 9. The maximum atomic E-state index is 5.86. The van der Waals surface area contributed by atoms with Crippen LogP contribution in [0.3, 0.4) is 0 Å². The van der Waals surface area contributed by atoms with E-state index in [0.29, 0.717) is 0 Å². The number of nitrogens with one attached hydrogen (secondary N) is 1. The monoisotopic (exact) mass is 292 g/mol. The topological polar surface area (TPSA) is 24.5 Å². The lowest BCUT2D eigenvalue weighted by atomic mass is 10.1. The van der Waals surface area contributed by atoms with Gasteiger partial charge in [-0.25, -0.2) is 0 Å². The first-order chi connectivity index (χ1) is 9.96. The molecule has 1 N–H and O–H groups in total. The smallest absolute Gasteiger partial charge is 0.121 e. The van der Waals surface area contributed by atoms with E-state index in [9.17, 15) is 0 Å². The van der Waals surface area contributed by atoms with E-state index in [1.54, 1.807) is 0 Å². The SMILES string of the molecule is CCN(CC)c1cccc(OCCCCNC(C)(C)C)c1. The van der Waals surface area contributed by atoms with Crippen LogP contribution in [0.15, 0.2) is 24.3 Å².